The molecule has 0 radical (unpaired) electrons. The van der Waals surface area contributed by atoms with Crippen LogP contribution in [-0.2, 0) is 9.84 Å². The van der Waals surface area contributed by atoms with Gasteiger partial charge in [-0.1, -0.05) is 19.1 Å². The summed E-state index contributed by atoms with van der Waals surface area (Å²) >= 11 is 5.21. The molecule has 0 aliphatic rings. The molecule has 0 unspecified atom stereocenters. The summed E-state index contributed by atoms with van der Waals surface area (Å²) in [5, 5.41) is 6.13. The number of benzene rings is 2. The molecule has 0 aliphatic carbocycles. The topological polar surface area (TPSA) is 58.2 Å². The van der Waals surface area contributed by atoms with Crippen molar-refractivity contribution in [2.75, 3.05) is 11.6 Å². The van der Waals surface area contributed by atoms with Crippen molar-refractivity contribution in [3.63, 3.8) is 0 Å². The van der Waals surface area contributed by atoms with Gasteiger partial charge in [-0.15, -0.1) is 0 Å². The second-order valence-electron chi connectivity index (χ2n) is 5.53. The van der Waals surface area contributed by atoms with Gasteiger partial charge in [0.2, 0.25) is 0 Å². The van der Waals surface area contributed by atoms with Gasteiger partial charge in [-0.2, -0.15) is 0 Å². The van der Waals surface area contributed by atoms with Crippen molar-refractivity contribution in [1.82, 2.24) is 5.32 Å². The Morgan fingerprint density at radius 3 is 2.28 bits per heavy atom. The fourth-order valence-electron chi connectivity index (χ4n) is 2.27. The van der Waals surface area contributed by atoms with Crippen molar-refractivity contribution in [1.29, 1.82) is 0 Å². The molecular formula is C17H18F2N2O2S2. The lowest BCUT2D eigenvalue weighted by molar-refractivity contribution is 0.509. The molecule has 1 atom stereocenters. The van der Waals surface area contributed by atoms with Crippen molar-refractivity contribution in [3.8, 4) is 0 Å². The zero-order valence-electron chi connectivity index (χ0n) is 13.7. The van der Waals surface area contributed by atoms with Crippen LogP contribution >= 0.6 is 12.2 Å². The monoisotopic (exact) mass is 384 g/mol. The quantitative estimate of drug-likeness (QED) is 0.768. The summed E-state index contributed by atoms with van der Waals surface area (Å²) < 4.78 is 49.2. The van der Waals surface area contributed by atoms with Gasteiger partial charge in [0.05, 0.1) is 10.9 Å². The number of thiocarbonyl (C=S) groups is 1. The van der Waals surface area contributed by atoms with E-state index in [0.717, 1.165) is 24.0 Å². The lowest BCUT2D eigenvalue weighted by Crippen LogP contribution is -2.32. The first-order valence-electron chi connectivity index (χ1n) is 7.53. The maximum atomic E-state index is 13.2. The minimum atomic E-state index is -3.25. The standard InChI is InChI=1S/C17H18F2N2O2S2/c1-3-16(11-4-7-13(8-5-11)25(2,22)23)21-17(24)20-12-6-9-14(18)15(19)10-12/h4-10,16H,3H2,1-2H3,(H2,20,21,24)/t16-/m0/s1. The molecule has 0 saturated heterocycles. The Hall–Kier alpha value is -2.06. The van der Waals surface area contributed by atoms with Crippen LogP contribution < -0.4 is 10.6 Å². The Morgan fingerprint density at radius 1 is 1.12 bits per heavy atom. The van der Waals surface area contributed by atoms with Gasteiger partial charge >= 0.3 is 0 Å². The van der Waals surface area contributed by atoms with Crippen LogP contribution in [0.5, 0.6) is 0 Å². The lowest BCUT2D eigenvalue weighted by Gasteiger charge is -2.20. The highest BCUT2D eigenvalue weighted by atomic mass is 32.2. The van der Waals surface area contributed by atoms with E-state index in [-0.39, 0.29) is 16.0 Å². The SMILES string of the molecule is CC[C@H](NC(=S)Nc1ccc(F)c(F)c1)c1ccc(S(C)(=O)=O)cc1. The lowest BCUT2D eigenvalue weighted by atomic mass is 10.1. The van der Waals surface area contributed by atoms with Crippen molar-refractivity contribution < 1.29 is 17.2 Å². The molecule has 0 amide bonds. The average molecular weight is 384 g/mol. The fraction of sp³-hybridized carbons (Fsp3) is 0.235. The molecule has 0 saturated carbocycles. The molecule has 2 rings (SSSR count). The van der Waals surface area contributed by atoms with E-state index in [2.05, 4.69) is 10.6 Å². The summed E-state index contributed by atoms with van der Waals surface area (Å²) in [6.45, 7) is 1.95. The van der Waals surface area contributed by atoms with E-state index in [1.165, 1.54) is 6.07 Å². The van der Waals surface area contributed by atoms with E-state index in [1.54, 1.807) is 24.3 Å². The summed E-state index contributed by atoms with van der Waals surface area (Å²) in [6, 6.07) is 9.79. The molecule has 25 heavy (non-hydrogen) atoms. The number of sulfone groups is 1. The van der Waals surface area contributed by atoms with Gasteiger partial charge in [-0.25, -0.2) is 17.2 Å². The van der Waals surface area contributed by atoms with Crippen molar-refractivity contribution >= 4 is 32.9 Å². The Labute approximate surface area is 151 Å². The molecule has 0 fully saturated rings. The number of hydrogen-bond acceptors (Lipinski definition) is 3. The van der Waals surface area contributed by atoms with Crippen molar-refractivity contribution in [2.45, 2.75) is 24.3 Å². The molecule has 2 aromatic rings. The third-order valence-corrected chi connectivity index (χ3v) is 4.95. The zero-order valence-corrected chi connectivity index (χ0v) is 15.3. The summed E-state index contributed by atoms with van der Waals surface area (Å²) in [6.07, 6.45) is 1.84. The zero-order chi connectivity index (χ0) is 18.6. The van der Waals surface area contributed by atoms with Crippen molar-refractivity contribution in [2.24, 2.45) is 0 Å². The summed E-state index contributed by atoms with van der Waals surface area (Å²) in [5.41, 5.74) is 1.20. The van der Waals surface area contributed by atoms with Crippen LogP contribution in [0, 0.1) is 11.6 Å². The van der Waals surface area contributed by atoms with Crippen LogP contribution in [0.25, 0.3) is 0 Å². The second-order valence-corrected chi connectivity index (χ2v) is 7.95. The van der Waals surface area contributed by atoms with Crippen LogP contribution in [0.4, 0.5) is 14.5 Å². The second kappa shape index (κ2) is 7.88. The number of halogens is 2. The Balaban J connectivity index is 2.08. The minimum Gasteiger partial charge on any atom is -0.356 e. The summed E-state index contributed by atoms with van der Waals surface area (Å²) in [7, 11) is -3.25. The number of rotatable bonds is 5. The normalized spacial score (nSPS) is 12.5. The maximum absolute atomic E-state index is 13.2. The molecule has 0 bridgehead atoms. The highest BCUT2D eigenvalue weighted by Gasteiger charge is 2.13. The largest absolute Gasteiger partial charge is 0.356 e. The van der Waals surface area contributed by atoms with E-state index in [4.69, 9.17) is 12.2 Å². The molecule has 2 N–H and O–H groups in total. The van der Waals surface area contributed by atoms with E-state index in [9.17, 15) is 17.2 Å². The number of nitrogens with one attached hydrogen (secondary N) is 2. The van der Waals surface area contributed by atoms with Gasteiger partial charge in [0.25, 0.3) is 0 Å². The molecule has 0 aromatic heterocycles. The molecular weight excluding hydrogens is 366 g/mol. The Bertz CT molecular complexity index is 869. The first-order chi connectivity index (χ1) is 11.7. The molecule has 2 aromatic carbocycles. The van der Waals surface area contributed by atoms with Gasteiger partial charge in [-0.05, 0) is 48.5 Å². The molecule has 8 heteroatoms. The van der Waals surface area contributed by atoms with Crippen LogP contribution in [0.2, 0.25) is 0 Å². The number of hydrogen-bond donors (Lipinski definition) is 2. The van der Waals surface area contributed by atoms with E-state index in [0.29, 0.717) is 12.1 Å². The molecule has 4 nitrogen and oxygen atoms in total. The van der Waals surface area contributed by atoms with Gasteiger partial charge in [0, 0.05) is 18.0 Å². The first kappa shape index (κ1) is 19.3. The van der Waals surface area contributed by atoms with Crippen molar-refractivity contribution in [3.05, 3.63) is 59.7 Å². The summed E-state index contributed by atoms with van der Waals surface area (Å²) in [5.74, 6) is -1.89. The fourth-order valence-corrected chi connectivity index (χ4v) is 3.16. The molecule has 0 aliphatic heterocycles. The van der Waals surface area contributed by atoms with Crippen LogP contribution in [-0.4, -0.2) is 19.8 Å². The summed E-state index contributed by atoms with van der Waals surface area (Å²) in [4.78, 5) is 0.244. The van der Waals surface area contributed by atoms with Crippen LogP contribution in [0.3, 0.4) is 0 Å². The van der Waals surface area contributed by atoms with Gasteiger partial charge < -0.3 is 10.6 Å². The van der Waals surface area contributed by atoms with Crippen LogP contribution in [0.1, 0.15) is 24.9 Å². The molecule has 0 spiro atoms. The highest BCUT2D eigenvalue weighted by Crippen LogP contribution is 2.20. The van der Waals surface area contributed by atoms with Gasteiger partial charge in [-0.3, -0.25) is 0 Å². The van der Waals surface area contributed by atoms with Gasteiger partial charge in [0.15, 0.2) is 26.6 Å². The highest BCUT2D eigenvalue weighted by molar-refractivity contribution is 7.90. The molecule has 0 heterocycles. The maximum Gasteiger partial charge on any atom is 0.175 e. The predicted molar refractivity (Wildman–Crippen MR) is 98.3 cm³/mol. The first-order valence-corrected chi connectivity index (χ1v) is 9.83. The minimum absolute atomic E-state index is 0.154. The third kappa shape index (κ3) is 5.20. The Morgan fingerprint density at radius 2 is 1.76 bits per heavy atom. The van der Waals surface area contributed by atoms with Crippen LogP contribution in [0.15, 0.2) is 47.4 Å². The van der Waals surface area contributed by atoms with E-state index < -0.39 is 21.5 Å². The Kier molecular flexibility index (Phi) is 6.07. The smallest absolute Gasteiger partial charge is 0.175 e. The third-order valence-electron chi connectivity index (χ3n) is 3.60. The van der Waals surface area contributed by atoms with Gasteiger partial charge in [0.1, 0.15) is 0 Å². The van der Waals surface area contributed by atoms with E-state index in [1.807, 2.05) is 6.92 Å². The predicted octanol–water partition coefficient (Wildman–Crippen LogP) is 3.81. The average Bonchev–Trinajstić information content (AvgIpc) is 2.55. The van der Waals surface area contributed by atoms with E-state index >= 15 is 0 Å². The molecule has 134 valence electrons. The number of anilines is 1.